The summed E-state index contributed by atoms with van der Waals surface area (Å²) in [6.07, 6.45) is 1.69. The highest BCUT2D eigenvalue weighted by Gasteiger charge is 2.19. The van der Waals surface area contributed by atoms with Gasteiger partial charge in [0.25, 0.3) is 0 Å². The van der Waals surface area contributed by atoms with E-state index in [0.29, 0.717) is 0 Å². The van der Waals surface area contributed by atoms with Crippen molar-refractivity contribution in [2.75, 3.05) is 19.6 Å². The summed E-state index contributed by atoms with van der Waals surface area (Å²) in [5.41, 5.74) is 5.91. The molecule has 5 heteroatoms. The van der Waals surface area contributed by atoms with Crippen LogP contribution in [0.1, 0.15) is 18.4 Å². The predicted octanol–water partition coefficient (Wildman–Crippen LogP) is 1.50. The Bertz CT molecular complexity index is 457. The average molecular weight is 268 g/mol. The molecule has 2 N–H and O–H groups in total. The van der Waals surface area contributed by atoms with Gasteiger partial charge >= 0.3 is 0 Å². The van der Waals surface area contributed by atoms with Gasteiger partial charge in [0.1, 0.15) is 0 Å². The van der Waals surface area contributed by atoms with Crippen molar-refractivity contribution in [2.45, 2.75) is 25.3 Å². The zero-order valence-electron chi connectivity index (χ0n) is 10.7. The molecule has 0 radical (unpaired) electrons. The number of Topliss-reactive ketones (excluding diaryl/α,β-unsaturated/α-hetero) is 1. The van der Waals surface area contributed by atoms with Crippen molar-refractivity contribution in [3.8, 4) is 0 Å². The lowest BCUT2D eigenvalue weighted by Crippen LogP contribution is -2.42. The average Bonchev–Trinajstić information content (AvgIpc) is 2.38. The van der Waals surface area contributed by atoms with Gasteiger partial charge in [0.15, 0.2) is 17.4 Å². The zero-order chi connectivity index (χ0) is 13.8. The minimum absolute atomic E-state index is 0.0633. The van der Waals surface area contributed by atoms with Crippen LogP contribution in [0.15, 0.2) is 18.2 Å². The predicted molar refractivity (Wildman–Crippen MR) is 68.7 cm³/mol. The Morgan fingerprint density at radius 2 is 2.00 bits per heavy atom. The van der Waals surface area contributed by atoms with Crippen LogP contribution in [0.4, 0.5) is 8.78 Å². The third-order valence-electron chi connectivity index (χ3n) is 3.45. The molecule has 0 amide bonds. The molecule has 3 nitrogen and oxygen atoms in total. The van der Waals surface area contributed by atoms with Crippen molar-refractivity contribution in [2.24, 2.45) is 5.73 Å². The number of rotatable bonds is 4. The number of hydrogen-bond acceptors (Lipinski definition) is 3. The third-order valence-corrected chi connectivity index (χ3v) is 3.45. The van der Waals surface area contributed by atoms with Gasteiger partial charge in [-0.05, 0) is 24.5 Å². The van der Waals surface area contributed by atoms with Crippen LogP contribution in [0.5, 0.6) is 0 Å². The molecule has 1 aromatic carbocycles. The quantitative estimate of drug-likeness (QED) is 0.900. The number of halogens is 2. The molecule has 0 atom stereocenters. The first-order valence-corrected chi connectivity index (χ1v) is 6.49. The van der Waals surface area contributed by atoms with Crippen LogP contribution in [-0.4, -0.2) is 36.4 Å². The molecular weight excluding hydrogens is 250 g/mol. The van der Waals surface area contributed by atoms with Crippen LogP contribution in [0.2, 0.25) is 0 Å². The number of carbonyl (C=O) groups excluding carboxylic acids is 1. The highest BCUT2D eigenvalue weighted by atomic mass is 19.2. The molecule has 1 aliphatic heterocycles. The standard InChI is InChI=1S/C14H18F2N2O/c15-13-3-1-2-10(14(13)16)8-12(19)9-18-6-4-11(17)5-7-18/h1-3,11H,4-9,17H2. The number of piperidine rings is 1. The molecule has 0 unspecified atom stereocenters. The molecule has 1 fully saturated rings. The number of hydrogen-bond donors (Lipinski definition) is 1. The summed E-state index contributed by atoms with van der Waals surface area (Å²) in [4.78, 5) is 13.9. The van der Waals surface area contributed by atoms with E-state index in [9.17, 15) is 13.6 Å². The van der Waals surface area contributed by atoms with Crippen LogP contribution < -0.4 is 5.73 Å². The van der Waals surface area contributed by atoms with Crippen LogP contribution >= 0.6 is 0 Å². The van der Waals surface area contributed by atoms with E-state index in [1.54, 1.807) is 0 Å². The molecule has 1 aromatic rings. The summed E-state index contributed by atoms with van der Waals surface area (Å²) >= 11 is 0. The maximum Gasteiger partial charge on any atom is 0.162 e. The molecule has 0 spiro atoms. The van der Waals surface area contributed by atoms with E-state index in [1.165, 1.54) is 12.1 Å². The van der Waals surface area contributed by atoms with Gasteiger partial charge in [0, 0.05) is 25.6 Å². The number of nitrogens with two attached hydrogens (primary N) is 1. The first-order valence-electron chi connectivity index (χ1n) is 6.49. The van der Waals surface area contributed by atoms with Gasteiger partial charge in [-0.3, -0.25) is 9.69 Å². The number of ketones is 1. The van der Waals surface area contributed by atoms with Gasteiger partial charge in [0.05, 0.1) is 6.54 Å². The van der Waals surface area contributed by atoms with Gasteiger partial charge < -0.3 is 5.73 Å². The maximum atomic E-state index is 13.4. The van der Waals surface area contributed by atoms with E-state index in [-0.39, 0.29) is 30.4 Å². The zero-order valence-corrected chi connectivity index (χ0v) is 10.7. The molecule has 19 heavy (non-hydrogen) atoms. The molecule has 104 valence electrons. The smallest absolute Gasteiger partial charge is 0.162 e. The van der Waals surface area contributed by atoms with Crippen molar-refractivity contribution in [3.05, 3.63) is 35.4 Å². The van der Waals surface area contributed by atoms with E-state index < -0.39 is 11.6 Å². The lowest BCUT2D eigenvalue weighted by molar-refractivity contribution is -0.119. The van der Waals surface area contributed by atoms with Gasteiger partial charge in [-0.15, -0.1) is 0 Å². The third kappa shape index (κ3) is 3.81. The van der Waals surface area contributed by atoms with Crippen molar-refractivity contribution >= 4 is 5.78 Å². The highest BCUT2D eigenvalue weighted by Crippen LogP contribution is 2.13. The molecule has 1 heterocycles. The van der Waals surface area contributed by atoms with Gasteiger partial charge in [-0.1, -0.05) is 12.1 Å². The summed E-state index contributed by atoms with van der Waals surface area (Å²) in [5.74, 6) is -1.93. The van der Waals surface area contributed by atoms with Crippen molar-refractivity contribution in [3.63, 3.8) is 0 Å². The van der Waals surface area contributed by atoms with Crippen LogP contribution in [-0.2, 0) is 11.2 Å². The fourth-order valence-electron chi connectivity index (χ4n) is 2.31. The number of likely N-dealkylation sites (tertiary alicyclic amines) is 1. The molecule has 0 aliphatic carbocycles. The van der Waals surface area contributed by atoms with E-state index in [2.05, 4.69) is 0 Å². The van der Waals surface area contributed by atoms with E-state index in [1.807, 2.05) is 4.90 Å². The second-order valence-electron chi connectivity index (χ2n) is 5.04. The van der Waals surface area contributed by atoms with Crippen molar-refractivity contribution in [1.82, 2.24) is 4.90 Å². The maximum absolute atomic E-state index is 13.4. The fourth-order valence-corrected chi connectivity index (χ4v) is 2.31. The Hall–Kier alpha value is -1.33. The molecule has 0 aromatic heterocycles. The Morgan fingerprint density at radius 3 is 2.68 bits per heavy atom. The second kappa shape index (κ2) is 6.21. The summed E-state index contributed by atoms with van der Waals surface area (Å²) < 4.78 is 26.5. The van der Waals surface area contributed by atoms with Crippen LogP contribution in [0, 0.1) is 11.6 Å². The lowest BCUT2D eigenvalue weighted by atomic mass is 10.0. The van der Waals surface area contributed by atoms with Gasteiger partial charge in [-0.25, -0.2) is 8.78 Å². The lowest BCUT2D eigenvalue weighted by Gasteiger charge is -2.29. The summed E-state index contributed by atoms with van der Waals surface area (Å²) in [6.45, 7) is 1.86. The van der Waals surface area contributed by atoms with Crippen molar-refractivity contribution in [1.29, 1.82) is 0 Å². The SMILES string of the molecule is NC1CCN(CC(=O)Cc2cccc(F)c2F)CC1. The summed E-state index contributed by atoms with van der Waals surface area (Å²) in [6, 6.07) is 4.13. The largest absolute Gasteiger partial charge is 0.328 e. The van der Waals surface area contributed by atoms with Crippen LogP contribution in [0.3, 0.4) is 0 Å². The normalized spacial score (nSPS) is 17.6. The number of benzene rings is 1. The van der Waals surface area contributed by atoms with E-state index in [4.69, 9.17) is 5.73 Å². The van der Waals surface area contributed by atoms with E-state index in [0.717, 1.165) is 32.0 Å². The molecule has 0 saturated carbocycles. The topological polar surface area (TPSA) is 46.3 Å². The Kier molecular flexibility index (Phi) is 4.61. The summed E-state index contributed by atoms with van der Waals surface area (Å²) in [5, 5.41) is 0. The van der Waals surface area contributed by atoms with Gasteiger partial charge in [0.2, 0.25) is 0 Å². The minimum atomic E-state index is -0.920. The Morgan fingerprint density at radius 1 is 1.32 bits per heavy atom. The van der Waals surface area contributed by atoms with Gasteiger partial charge in [-0.2, -0.15) is 0 Å². The summed E-state index contributed by atoms with van der Waals surface area (Å²) in [7, 11) is 0. The number of carbonyl (C=O) groups is 1. The Balaban J connectivity index is 1.89. The Labute approximate surface area is 111 Å². The fraction of sp³-hybridized carbons (Fsp3) is 0.500. The van der Waals surface area contributed by atoms with E-state index >= 15 is 0 Å². The minimum Gasteiger partial charge on any atom is -0.328 e. The molecule has 2 rings (SSSR count). The monoisotopic (exact) mass is 268 g/mol. The molecule has 0 bridgehead atoms. The second-order valence-corrected chi connectivity index (χ2v) is 5.04. The van der Waals surface area contributed by atoms with Crippen molar-refractivity contribution < 1.29 is 13.6 Å². The number of nitrogens with zero attached hydrogens (tertiary/aromatic N) is 1. The first kappa shape index (κ1) is 14.1. The highest BCUT2D eigenvalue weighted by molar-refractivity contribution is 5.82. The molecular formula is C14H18F2N2O. The van der Waals surface area contributed by atoms with Crippen LogP contribution in [0.25, 0.3) is 0 Å². The first-order chi connectivity index (χ1) is 9.06. The molecule has 1 saturated heterocycles. The molecule has 1 aliphatic rings.